The first kappa shape index (κ1) is 18.1. The molecule has 0 radical (unpaired) electrons. The zero-order valence-electron chi connectivity index (χ0n) is 15.2. The van der Waals surface area contributed by atoms with Gasteiger partial charge in [-0.25, -0.2) is 20.8 Å². The first-order valence-electron chi connectivity index (χ1n) is 8.49. The quantitative estimate of drug-likeness (QED) is 0.714. The monoisotopic (exact) mass is 356 g/mol. The Morgan fingerprint density at radius 3 is 2.81 bits per heavy atom. The minimum Gasteiger partial charge on any atom is -0.497 e. The van der Waals surface area contributed by atoms with Crippen LogP contribution in [0.3, 0.4) is 0 Å². The van der Waals surface area contributed by atoms with Crippen LogP contribution in [0.2, 0.25) is 0 Å². The molecule has 2 unspecified atom stereocenters. The molecule has 8 nitrogen and oxygen atoms in total. The van der Waals surface area contributed by atoms with Gasteiger partial charge in [-0.2, -0.15) is 0 Å². The van der Waals surface area contributed by atoms with Gasteiger partial charge in [-0.3, -0.25) is 4.79 Å². The summed E-state index contributed by atoms with van der Waals surface area (Å²) in [5.74, 6) is 1.40. The fourth-order valence-electron chi connectivity index (χ4n) is 2.98. The zero-order valence-corrected chi connectivity index (χ0v) is 15.2. The number of amides is 1. The standard InChI is InChI=1S/C18H24N6O2/c1-19-18-20-9-12(10-21-18)11-24(2)17(25)16-8-15(22-23-16)13-5-4-6-14(7-13)26-3/h4-7,9-10,15-16,22-23H,8,11H2,1-3H3,(H,19,20,21). The second kappa shape index (κ2) is 8.11. The molecule has 1 aromatic carbocycles. The van der Waals surface area contributed by atoms with Crippen molar-refractivity contribution < 1.29 is 9.53 Å². The Morgan fingerprint density at radius 2 is 2.12 bits per heavy atom. The van der Waals surface area contributed by atoms with Gasteiger partial charge >= 0.3 is 0 Å². The number of methoxy groups -OCH3 is 1. The van der Waals surface area contributed by atoms with Gasteiger partial charge in [0.15, 0.2) is 0 Å². The molecule has 1 saturated heterocycles. The highest BCUT2D eigenvalue weighted by molar-refractivity contribution is 5.82. The van der Waals surface area contributed by atoms with E-state index in [9.17, 15) is 4.79 Å². The van der Waals surface area contributed by atoms with Crippen LogP contribution in [0.5, 0.6) is 5.75 Å². The van der Waals surface area contributed by atoms with Gasteiger partial charge in [0, 0.05) is 44.6 Å². The zero-order chi connectivity index (χ0) is 18.5. The fourth-order valence-corrected chi connectivity index (χ4v) is 2.98. The first-order valence-corrected chi connectivity index (χ1v) is 8.49. The highest BCUT2D eigenvalue weighted by Gasteiger charge is 2.32. The van der Waals surface area contributed by atoms with Crippen LogP contribution in [0.4, 0.5) is 5.95 Å². The minimum atomic E-state index is -0.284. The van der Waals surface area contributed by atoms with E-state index in [0.717, 1.165) is 16.9 Å². The van der Waals surface area contributed by atoms with Gasteiger partial charge in [0.25, 0.3) is 0 Å². The summed E-state index contributed by atoms with van der Waals surface area (Å²) in [7, 11) is 5.20. The third kappa shape index (κ3) is 4.09. The molecular weight excluding hydrogens is 332 g/mol. The Kier molecular flexibility index (Phi) is 5.65. The van der Waals surface area contributed by atoms with Crippen LogP contribution in [0.25, 0.3) is 0 Å². The van der Waals surface area contributed by atoms with E-state index in [1.165, 1.54) is 0 Å². The maximum atomic E-state index is 12.7. The maximum Gasteiger partial charge on any atom is 0.241 e. The van der Waals surface area contributed by atoms with Crippen molar-refractivity contribution >= 4 is 11.9 Å². The van der Waals surface area contributed by atoms with Crippen molar-refractivity contribution in [1.82, 2.24) is 25.7 Å². The number of likely N-dealkylation sites (N-methyl/N-ethyl adjacent to an activating group) is 1. The average molecular weight is 356 g/mol. The van der Waals surface area contributed by atoms with Crippen LogP contribution in [0.15, 0.2) is 36.7 Å². The molecule has 0 spiro atoms. The lowest BCUT2D eigenvalue weighted by atomic mass is 10.0. The minimum absolute atomic E-state index is 0.0283. The van der Waals surface area contributed by atoms with Crippen LogP contribution < -0.4 is 20.9 Å². The van der Waals surface area contributed by atoms with Crippen LogP contribution >= 0.6 is 0 Å². The van der Waals surface area contributed by atoms with E-state index in [1.807, 2.05) is 24.3 Å². The smallest absolute Gasteiger partial charge is 0.241 e. The SMILES string of the molecule is CNc1ncc(CN(C)C(=O)C2CC(c3cccc(OC)c3)NN2)cn1. The number of carbonyl (C=O) groups excluding carboxylic acids is 1. The topological polar surface area (TPSA) is 91.4 Å². The molecular formula is C18H24N6O2. The summed E-state index contributed by atoms with van der Waals surface area (Å²) >= 11 is 0. The molecule has 138 valence electrons. The lowest BCUT2D eigenvalue weighted by Crippen LogP contribution is -2.43. The Bertz CT molecular complexity index is 752. The predicted octanol–water partition coefficient (Wildman–Crippen LogP) is 1.09. The van der Waals surface area contributed by atoms with E-state index < -0.39 is 0 Å². The molecule has 1 fully saturated rings. The summed E-state index contributed by atoms with van der Waals surface area (Å²) in [5, 5.41) is 2.87. The molecule has 2 heterocycles. The van der Waals surface area contributed by atoms with E-state index in [-0.39, 0.29) is 18.0 Å². The molecule has 3 N–H and O–H groups in total. The molecule has 8 heteroatoms. The summed E-state index contributed by atoms with van der Waals surface area (Å²) in [6, 6.07) is 7.64. The fraction of sp³-hybridized carbons (Fsp3) is 0.389. The van der Waals surface area contributed by atoms with Gasteiger partial charge in [0.2, 0.25) is 11.9 Å². The number of hydrogen-bond acceptors (Lipinski definition) is 7. The van der Waals surface area contributed by atoms with Crippen molar-refractivity contribution in [3.05, 3.63) is 47.8 Å². The normalized spacial score (nSPS) is 19.2. The number of hydrazine groups is 1. The maximum absolute atomic E-state index is 12.7. The Hall–Kier alpha value is -2.71. The molecule has 2 atom stereocenters. The van der Waals surface area contributed by atoms with Gasteiger partial charge in [-0.15, -0.1) is 0 Å². The molecule has 26 heavy (non-hydrogen) atoms. The number of anilines is 1. The van der Waals surface area contributed by atoms with Crippen LogP contribution in [0, 0.1) is 0 Å². The summed E-state index contributed by atoms with van der Waals surface area (Å²) < 4.78 is 5.27. The van der Waals surface area contributed by atoms with Crippen LogP contribution in [-0.2, 0) is 11.3 Å². The van der Waals surface area contributed by atoms with E-state index in [4.69, 9.17) is 4.74 Å². The van der Waals surface area contributed by atoms with E-state index in [1.54, 1.807) is 38.5 Å². The van der Waals surface area contributed by atoms with Gasteiger partial charge in [-0.05, 0) is 24.1 Å². The molecule has 0 saturated carbocycles. The van der Waals surface area contributed by atoms with Crippen molar-refractivity contribution in [3.63, 3.8) is 0 Å². The predicted molar refractivity (Wildman–Crippen MR) is 98.5 cm³/mol. The second-order valence-electron chi connectivity index (χ2n) is 6.27. The molecule has 0 aliphatic carbocycles. The molecule has 0 bridgehead atoms. The van der Waals surface area contributed by atoms with E-state index in [2.05, 4.69) is 26.1 Å². The summed E-state index contributed by atoms with van der Waals surface area (Å²) in [5.41, 5.74) is 8.28. The number of nitrogens with one attached hydrogen (secondary N) is 3. The first-order chi connectivity index (χ1) is 12.6. The highest BCUT2D eigenvalue weighted by atomic mass is 16.5. The number of carbonyl (C=O) groups is 1. The molecule has 2 aromatic rings. The number of hydrogen-bond donors (Lipinski definition) is 3. The Labute approximate surface area is 152 Å². The molecule has 1 aromatic heterocycles. The summed E-state index contributed by atoms with van der Waals surface area (Å²) in [4.78, 5) is 22.8. The number of rotatable bonds is 6. The molecule has 1 aliphatic rings. The third-order valence-electron chi connectivity index (χ3n) is 4.42. The van der Waals surface area contributed by atoms with Crippen molar-refractivity contribution in [2.24, 2.45) is 0 Å². The highest BCUT2D eigenvalue weighted by Crippen LogP contribution is 2.26. The van der Waals surface area contributed by atoms with Crippen molar-refractivity contribution in [3.8, 4) is 5.75 Å². The summed E-state index contributed by atoms with van der Waals surface area (Å²) in [6.07, 6.45) is 4.12. The van der Waals surface area contributed by atoms with Gasteiger partial charge in [0.1, 0.15) is 11.8 Å². The molecule has 3 rings (SSSR count). The summed E-state index contributed by atoms with van der Waals surface area (Å²) in [6.45, 7) is 0.463. The average Bonchev–Trinajstić information content (AvgIpc) is 3.18. The Balaban J connectivity index is 1.59. The van der Waals surface area contributed by atoms with Crippen molar-refractivity contribution in [2.75, 3.05) is 26.5 Å². The van der Waals surface area contributed by atoms with E-state index >= 15 is 0 Å². The van der Waals surface area contributed by atoms with Crippen molar-refractivity contribution in [1.29, 1.82) is 0 Å². The van der Waals surface area contributed by atoms with Crippen LogP contribution in [0.1, 0.15) is 23.6 Å². The number of aromatic nitrogens is 2. The van der Waals surface area contributed by atoms with Crippen molar-refractivity contribution in [2.45, 2.75) is 25.0 Å². The molecule has 1 aliphatic heterocycles. The lowest BCUT2D eigenvalue weighted by Gasteiger charge is -2.20. The van der Waals surface area contributed by atoms with Gasteiger partial charge in [-0.1, -0.05) is 12.1 Å². The lowest BCUT2D eigenvalue weighted by molar-refractivity contribution is -0.132. The van der Waals surface area contributed by atoms with E-state index in [0.29, 0.717) is 18.9 Å². The van der Waals surface area contributed by atoms with Gasteiger partial charge < -0.3 is 15.0 Å². The van der Waals surface area contributed by atoms with Crippen LogP contribution in [-0.4, -0.2) is 48.0 Å². The number of ether oxygens (including phenoxy) is 1. The Morgan fingerprint density at radius 1 is 1.35 bits per heavy atom. The number of nitrogens with zero attached hydrogens (tertiary/aromatic N) is 3. The largest absolute Gasteiger partial charge is 0.497 e. The molecule has 1 amide bonds. The third-order valence-corrected chi connectivity index (χ3v) is 4.42. The van der Waals surface area contributed by atoms with Gasteiger partial charge in [0.05, 0.1) is 7.11 Å². The number of benzene rings is 1. The second-order valence-corrected chi connectivity index (χ2v) is 6.27.